The van der Waals surface area contributed by atoms with E-state index in [0.29, 0.717) is 0 Å². The average molecular weight is 281 g/mol. The third-order valence-electron chi connectivity index (χ3n) is 3.93. The van der Waals surface area contributed by atoms with Gasteiger partial charge in [-0.25, -0.2) is 0 Å². The predicted molar refractivity (Wildman–Crippen MR) is 85.2 cm³/mol. The molecule has 0 radical (unpaired) electrons. The van der Waals surface area contributed by atoms with E-state index in [1.165, 1.54) is 16.1 Å². The lowest BCUT2D eigenvalue weighted by molar-refractivity contribution is 0.746. The summed E-state index contributed by atoms with van der Waals surface area (Å²) in [7, 11) is 0. The van der Waals surface area contributed by atoms with Crippen molar-refractivity contribution in [3.8, 4) is 0 Å². The number of nitrogens with zero attached hydrogens (tertiary/aromatic N) is 2. The van der Waals surface area contributed by atoms with Crippen molar-refractivity contribution in [3.05, 3.63) is 52.3 Å². The zero-order valence-electron chi connectivity index (χ0n) is 11.0. The molecule has 2 N–H and O–H groups in total. The van der Waals surface area contributed by atoms with Crippen molar-refractivity contribution in [3.63, 3.8) is 0 Å². The molecule has 4 rings (SSSR count). The second kappa shape index (κ2) is 4.49. The lowest BCUT2D eigenvalue weighted by Gasteiger charge is -2.30. The topological polar surface area (TPSA) is 42.1 Å². The van der Waals surface area contributed by atoms with Crippen LogP contribution in [0.3, 0.4) is 0 Å². The first-order valence-electron chi connectivity index (χ1n) is 6.76. The molecule has 0 saturated heterocycles. The third-order valence-corrected chi connectivity index (χ3v) is 4.95. The van der Waals surface area contributed by atoms with Gasteiger partial charge in [0.2, 0.25) is 0 Å². The molecule has 0 spiro atoms. The number of anilines is 2. The van der Waals surface area contributed by atoms with E-state index in [0.717, 1.165) is 36.1 Å². The molecule has 0 unspecified atom stereocenters. The molecule has 0 saturated carbocycles. The second-order valence-electron chi connectivity index (χ2n) is 5.11. The summed E-state index contributed by atoms with van der Waals surface area (Å²) >= 11 is 1.87. The monoisotopic (exact) mass is 281 g/mol. The Balaban J connectivity index is 1.82. The maximum absolute atomic E-state index is 6.04. The van der Waals surface area contributed by atoms with Crippen molar-refractivity contribution in [2.24, 2.45) is 0 Å². The smallest absolute Gasteiger partial charge is 0.0951 e. The number of pyridine rings is 1. The Morgan fingerprint density at radius 1 is 1.20 bits per heavy atom. The van der Waals surface area contributed by atoms with Gasteiger partial charge in [-0.1, -0.05) is 12.1 Å². The maximum Gasteiger partial charge on any atom is 0.0951 e. The predicted octanol–water partition coefficient (Wildman–Crippen LogP) is 3.44. The van der Waals surface area contributed by atoms with Crippen molar-refractivity contribution < 1.29 is 0 Å². The highest BCUT2D eigenvalue weighted by atomic mass is 32.1. The summed E-state index contributed by atoms with van der Waals surface area (Å²) in [4.78, 5) is 8.38. The van der Waals surface area contributed by atoms with Gasteiger partial charge < -0.3 is 10.6 Å². The van der Waals surface area contributed by atoms with Crippen LogP contribution in [-0.2, 0) is 13.0 Å². The van der Waals surface area contributed by atoms with Crippen LogP contribution >= 0.6 is 11.3 Å². The molecule has 3 heterocycles. The molecular formula is C16H15N3S. The maximum atomic E-state index is 6.04. The van der Waals surface area contributed by atoms with Crippen molar-refractivity contribution in [2.45, 2.75) is 13.0 Å². The van der Waals surface area contributed by atoms with Gasteiger partial charge in [-0.2, -0.15) is 0 Å². The number of hydrogen-bond donors (Lipinski definition) is 1. The van der Waals surface area contributed by atoms with E-state index in [4.69, 9.17) is 5.73 Å². The summed E-state index contributed by atoms with van der Waals surface area (Å²) in [6.07, 6.45) is 2.98. The van der Waals surface area contributed by atoms with Crippen molar-refractivity contribution in [2.75, 3.05) is 17.2 Å². The number of fused-ring (bicyclic) bond motifs is 2. The highest BCUT2D eigenvalue weighted by Crippen LogP contribution is 2.33. The molecule has 0 amide bonds. The number of hydrogen-bond acceptors (Lipinski definition) is 4. The average Bonchev–Trinajstić information content (AvgIpc) is 2.94. The van der Waals surface area contributed by atoms with E-state index in [2.05, 4.69) is 33.5 Å². The Kier molecular flexibility index (Phi) is 2.63. The van der Waals surface area contributed by atoms with Gasteiger partial charge in [-0.15, -0.1) is 11.3 Å². The minimum absolute atomic E-state index is 0.748. The Bertz CT molecular complexity index is 778. The van der Waals surface area contributed by atoms with E-state index in [-0.39, 0.29) is 0 Å². The molecule has 1 aliphatic rings. The van der Waals surface area contributed by atoms with Crippen molar-refractivity contribution in [1.82, 2.24) is 4.98 Å². The zero-order valence-corrected chi connectivity index (χ0v) is 11.9. The van der Waals surface area contributed by atoms with E-state index in [1.54, 1.807) is 0 Å². The first kappa shape index (κ1) is 11.7. The van der Waals surface area contributed by atoms with Crippen LogP contribution in [0.15, 0.2) is 41.9 Å². The fraction of sp³-hybridized carbons (Fsp3) is 0.188. The number of benzene rings is 1. The first-order chi connectivity index (χ1) is 9.83. The minimum Gasteiger partial charge on any atom is -0.397 e. The van der Waals surface area contributed by atoms with Crippen LogP contribution in [0.5, 0.6) is 0 Å². The van der Waals surface area contributed by atoms with Crippen LogP contribution in [0, 0.1) is 0 Å². The molecule has 0 fully saturated rings. The lowest BCUT2D eigenvalue weighted by Crippen LogP contribution is -2.29. The second-order valence-corrected chi connectivity index (χ2v) is 6.11. The van der Waals surface area contributed by atoms with E-state index in [1.807, 2.05) is 29.7 Å². The van der Waals surface area contributed by atoms with Crippen LogP contribution in [0.2, 0.25) is 0 Å². The minimum atomic E-state index is 0.748. The van der Waals surface area contributed by atoms with Gasteiger partial charge in [0.15, 0.2) is 0 Å². The molecular weight excluding hydrogens is 266 g/mol. The van der Waals surface area contributed by atoms with Gasteiger partial charge in [-0.3, -0.25) is 4.98 Å². The molecule has 1 aromatic carbocycles. The summed E-state index contributed by atoms with van der Waals surface area (Å²) in [5.74, 6) is 0. The van der Waals surface area contributed by atoms with Gasteiger partial charge >= 0.3 is 0 Å². The van der Waals surface area contributed by atoms with Gasteiger partial charge in [0, 0.05) is 35.2 Å². The molecule has 20 heavy (non-hydrogen) atoms. The number of thiophene rings is 1. The Hall–Kier alpha value is -2.07. The molecule has 0 bridgehead atoms. The number of aromatic nitrogens is 1. The van der Waals surface area contributed by atoms with Gasteiger partial charge in [0.05, 0.1) is 11.2 Å². The Morgan fingerprint density at radius 3 is 3.10 bits per heavy atom. The molecule has 100 valence electrons. The van der Waals surface area contributed by atoms with Crippen LogP contribution < -0.4 is 10.6 Å². The molecule has 2 aromatic heterocycles. The molecule has 3 aromatic rings. The van der Waals surface area contributed by atoms with E-state index in [9.17, 15) is 0 Å². The Labute approximate surface area is 121 Å². The summed E-state index contributed by atoms with van der Waals surface area (Å²) in [6, 6.07) is 10.4. The molecule has 0 atom stereocenters. The summed E-state index contributed by atoms with van der Waals surface area (Å²) in [5.41, 5.74) is 10.4. The van der Waals surface area contributed by atoms with Crippen LogP contribution in [0.1, 0.15) is 10.4 Å². The van der Waals surface area contributed by atoms with Gasteiger partial charge in [0.1, 0.15) is 0 Å². The SMILES string of the molecule is Nc1cccc2c(N3CCc4sccc4C3)ccnc12. The number of nitrogen functional groups attached to an aromatic ring is 1. The van der Waals surface area contributed by atoms with Crippen molar-refractivity contribution in [1.29, 1.82) is 0 Å². The van der Waals surface area contributed by atoms with Gasteiger partial charge in [-0.05, 0) is 35.6 Å². The largest absolute Gasteiger partial charge is 0.397 e. The Morgan fingerprint density at radius 2 is 2.15 bits per heavy atom. The number of rotatable bonds is 1. The van der Waals surface area contributed by atoms with Crippen LogP contribution in [-0.4, -0.2) is 11.5 Å². The molecule has 1 aliphatic heterocycles. The van der Waals surface area contributed by atoms with Crippen molar-refractivity contribution >= 4 is 33.6 Å². The molecule has 3 nitrogen and oxygen atoms in total. The van der Waals surface area contributed by atoms with Gasteiger partial charge in [0.25, 0.3) is 0 Å². The number of nitrogens with two attached hydrogens (primary N) is 1. The fourth-order valence-electron chi connectivity index (χ4n) is 2.91. The highest BCUT2D eigenvalue weighted by Gasteiger charge is 2.19. The quantitative estimate of drug-likeness (QED) is 0.695. The molecule has 4 heteroatoms. The highest BCUT2D eigenvalue weighted by molar-refractivity contribution is 7.10. The normalized spacial score (nSPS) is 14.5. The van der Waals surface area contributed by atoms with E-state index >= 15 is 0 Å². The zero-order chi connectivity index (χ0) is 13.5. The number of para-hydroxylation sites is 1. The summed E-state index contributed by atoms with van der Waals surface area (Å²) in [5, 5.41) is 3.34. The summed E-state index contributed by atoms with van der Waals surface area (Å²) in [6.45, 7) is 2.04. The standard InChI is InChI=1S/C16H15N3S/c17-13-3-1-2-12-14(4-7-18-16(12)13)19-8-5-15-11(10-19)6-9-20-15/h1-4,6-7,9H,5,8,10,17H2. The summed E-state index contributed by atoms with van der Waals surface area (Å²) < 4.78 is 0. The third kappa shape index (κ3) is 1.76. The van der Waals surface area contributed by atoms with E-state index < -0.39 is 0 Å². The molecule has 0 aliphatic carbocycles. The van der Waals surface area contributed by atoms with Crippen LogP contribution in [0.4, 0.5) is 11.4 Å². The fourth-order valence-corrected chi connectivity index (χ4v) is 3.80. The van der Waals surface area contributed by atoms with Crippen LogP contribution in [0.25, 0.3) is 10.9 Å². The first-order valence-corrected chi connectivity index (χ1v) is 7.64. The lowest BCUT2D eigenvalue weighted by atomic mass is 10.1.